The van der Waals surface area contributed by atoms with Crippen LogP contribution in [0.15, 0.2) is 33.7 Å². The maximum Gasteiger partial charge on any atom is 0.248 e. The molecule has 8 heteroatoms. The SMILES string of the molecule is Cc1noc(C)c1S(=O)(=O)N1CCC2(CC1)CC(Cc1cccc(F)c1)CCO2. The molecule has 2 saturated heterocycles. The normalized spacial score (nSPS) is 22.8. The van der Waals surface area contributed by atoms with E-state index in [2.05, 4.69) is 5.16 Å². The summed E-state index contributed by atoms with van der Waals surface area (Å²) in [4.78, 5) is 0.182. The van der Waals surface area contributed by atoms with Crippen molar-refractivity contribution in [2.45, 2.75) is 56.4 Å². The Kier molecular flexibility index (Phi) is 5.52. The summed E-state index contributed by atoms with van der Waals surface area (Å²) < 4.78 is 52.3. The molecule has 0 N–H and O–H groups in total. The van der Waals surface area contributed by atoms with E-state index < -0.39 is 10.0 Å². The molecule has 1 atom stereocenters. The van der Waals surface area contributed by atoms with Crippen molar-refractivity contribution in [3.8, 4) is 0 Å². The molecule has 0 radical (unpaired) electrons. The van der Waals surface area contributed by atoms with Crippen LogP contribution in [0.1, 0.15) is 42.7 Å². The van der Waals surface area contributed by atoms with Crippen LogP contribution in [0.3, 0.4) is 0 Å². The summed E-state index contributed by atoms with van der Waals surface area (Å²) in [5, 5.41) is 3.78. The first-order chi connectivity index (χ1) is 13.8. The highest BCUT2D eigenvalue weighted by Crippen LogP contribution is 2.40. The second-order valence-electron chi connectivity index (χ2n) is 8.28. The maximum atomic E-state index is 13.5. The van der Waals surface area contributed by atoms with Crippen molar-refractivity contribution < 1.29 is 22.1 Å². The summed E-state index contributed by atoms with van der Waals surface area (Å²) in [5.41, 5.74) is 1.11. The summed E-state index contributed by atoms with van der Waals surface area (Å²) in [5.74, 6) is 0.533. The van der Waals surface area contributed by atoms with Crippen molar-refractivity contribution in [1.82, 2.24) is 9.46 Å². The van der Waals surface area contributed by atoms with Crippen molar-refractivity contribution in [3.63, 3.8) is 0 Å². The number of hydrogen-bond acceptors (Lipinski definition) is 5. The monoisotopic (exact) mass is 422 g/mol. The third kappa shape index (κ3) is 4.11. The first-order valence-electron chi connectivity index (χ1n) is 10.1. The standard InChI is InChI=1S/C21H27FN2O4S/c1-15-20(16(2)28-23-15)29(25,26)24-9-7-21(8-10-24)14-18(6-11-27-21)12-17-4-3-5-19(22)13-17/h3-5,13,18H,6-12,14H2,1-2H3. The van der Waals surface area contributed by atoms with Gasteiger partial charge >= 0.3 is 0 Å². The van der Waals surface area contributed by atoms with Crippen LogP contribution in [0.2, 0.25) is 0 Å². The van der Waals surface area contributed by atoms with Crippen LogP contribution in [-0.4, -0.2) is 43.2 Å². The van der Waals surface area contributed by atoms with E-state index in [1.165, 1.54) is 10.4 Å². The van der Waals surface area contributed by atoms with Crippen LogP contribution >= 0.6 is 0 Å². The maximum absolute atomic E-state index is 13.5. The Labute approximate surface area is 171 Å². The number of piperidine rings is 1. The van der Waals surface area contributed by atoms with Gasteiger partial charge in [-0.3, -0.25) is 0 Å². The largest absolute Gasteiger partial charge is 0.375 e. The molecule has 0 aliphatic carbocycles. The molecule has 1 aromatic carbocycles. The first-order valence-corrected chi connectivity index (χ1v) is 11.5. The van der Waals surface area contributed by atoms with E-state index in [9.17, 15) is 12.8 Å². The minimum atomic E-state index is -3.62. The Morgan fingerprint density at radius 3 is 2.69 bits per heavy atom. The summed E-state index contributed by atoms with van der Waals surface area (Å²) in [7, 11) is -3.62. The molecular formula is C21H27FN2O4S. The summed E-state index contributed by atoms with van der Waals surface area (Å²) in [6.45, 7) is 4.77. The molecule has 1 spiro atoms. The predicted molar refractivity (Wildman–Crippen MR) is 105 cm³/mol. The molecule has 29 heavy (non-hydrogen) atoms. The van der Waals surface area contributed by atoms with Crippen molar-refractivity contribution in [1.29, 1.82) is 0 Å². The lowest BCUT2D eigenvalue weighted by molar-refractivity contribution is -0.120. The third-order valence-electron chi connectivity index (χ3n) is 6.21. The van der Waals surface area contributed by atoms with Crippen LogP contribution < -0.4 is 0 Å². The Bertz CT molecular complexity index is 961. The van der Waals surface area contributed by atoms with E-state index in [1.807, 2.05) is 6.07 Å². The van der Waals surface area contributed by atoms with Gasteiger partial charge in [-0.2, -0.15) is 4.31 Å². The summed E-state index contributed by atoms with van der Waals surface area (Å²) in [6, 6.07) is 6.77. The molecule has 1 aromatic heterocycles. The minimum absolute atomic E-state index is 0.182. The van der Waals surface area contributed by atoms with Gasteiger partial charge in [0, 0.05) is 19.7 Å². The van der Waals surface area contributed by atoms with E-state index >= 15 is 0 Å². The molecular weight excluding hydrogens is 395 g/mol. The molecule has 0 saturated carbocycles. The van der Waals surface area contributed by atoms with Gasteiger partial charge in [0.2, 0.25) is 10.0 Å². The Balaban J connectivity index is 1.43. The lowest BCUT2D eigenvalue weighted by Gasteiger charge is -2.46. The highest BCUT2D eigenvalue weighted by Gasteiger charge is 2.43. The highest BCUT2D eigenvalue weighted by atomic mass is 32.2. The summed E-state index contributed by atoms with van der Waals surface area (Å²) >= 11 is 0. The second-order valence-corrected chi connectivity index (χ2v) is 10.2. The van der Waals surface area contributed by atoms with Gasteiger partial charge < -0.3 is 9.26 Å². The molecule has 0 amide bonds. The number of benzene rings is 1. The van der Waals surface area contributed by atoms with Crippen LogP contribution in [0.4, 0.5) is 4.39 Å². The Hall–Kier alpha value is -1.77. The van der Waals surface area contributed by atoms with Crippen molar-refractivity contribution in [3.05, 3.63) is 47.1 Å². The molecule has 158 valence electrons. The van der Waals surface area contributed by atoms with E-state index in [4.69, 9.17) is 9.26 Å². The fourth-order valence-electron chi connectivity index (χ4n) is 4.76. The number of aromatic nitrogens is 1. The molecule has 1 unspecified atom stereocenters. The Morgan fingerprint density at radius 2 is 2.03 bits per heavy atom. The number of aryl methyl sites for hydroxylation is 2. The zero-order valence-corrected chi connectivity index (χ0v) is 17.7. The number of ether oxygens (including phenoxy) is 1. The molecule has 2 aromatic rings. The van der Waals surface area contributed by atoms with Crippen molar-refractivity contribution >= 4 is 10.0 Å². The molecule has 4 rings (SSSR count). The topological polar surface area (TPSA) is 72.6 Å². The van der Waals surface area contributed by atoms with Crippen LogP contribution in [0.25, 0.3) is 0 Å². The molecule has 2 aliphatic heterocycles. The van der Waals surface area contributed by atoms with Crippen molar-refractivity contribution in [2.24, 2.45) is 5.92 Å². The lowest BCUT2D eigenvalue weighted by atomic mass is 9.78. The zero-order valence-electron chi connectivity index (χ0n) is 16.9. The van der Waals surface area contributed by atoms with E-state index in [1.54, 1.807) is 26.0 Å². The van der Waals surface area contributed by atoms with E-state index in [0.717, 1.165) is 24.8 Å². The molecule has 6 nitrogen and oxygen atoms in total. The lowest BCUT2D eigenvalue weighted by Crippen LogP contribution is -2.51. The number of halogens is 1. The number of nitrogens with zero attached hydrogens (tertiary/aromatic N) is 2. The molecule has 2 aliphatic rings. The van der Waals surface area contributed by atoms with E-state index in [-0.39, 0.29) is 16.3 Å². The minimum Gasteiger partial charge on any atom is -0.375 e. The van der Waals surface area contributed by atoms with Gasteiger partial charge in [-0.25, -0.2) is 12.8 Å². The fraction of sp³-hybridized carbons (Fsp3) is 0.571. The van der Waals surface area contributed by atoms with Gasteiger partial charge in [0.1, 0.15) is 16.4 Å². The van der Waals surface area contributed by atoms with Crippen LogP contribution in [0.5, 0.6) is 0 Å². The summed E-state index contributed by atoms with van der Waals surface area (Å²) in [6.07, 6.45) is 3.97. The first kappa shape index (κ1) is 20.5. The number of rotatable bonds is 4. The molecule has 2 fully saturated rings. The van der Waals surface area contributed by atoms with Gasteiger partial charge in [-0.1, -0.05) is 17.3 Å². The number of hydrogen-bond donors (Lipinski definition) is 0. The second kappa shape index (κ2) is 7.81. The third-order valence-corrected chi connectivity index (χ3v) is 8.35. The van der Waals surface area contributed by atoms with E-state index in [0.29, 0.717) is 49.9 Å². The van der Waals surface area contributed by atoms with Gasteiger partial charge in [0.05, 0.1) is 5.60 Å². The number of sulfonamides is 1. The zero-order chi connectivity index (χ0) is 20.6. The smallest absolute Gasteiger partial charge is 0.248 e. The fourth-order valence-corrected chi connectivity index (χ4v) is 6.49. The van der Waals surface area contributed by atoms with Gasteiger partial charge in [0.15, 0.2) is 5.76 Å². The van der Waals surface area contributed by atoms with Gasteiger partial charge in [-0.05, 0) is 69.6 Å². The molecule has 0 bridgehead atoms. The Morgan fingerprint density at radius 1 is 1.28 bits per heavy atom. The highest BCUT2D eigenvalue weighted by molar-refractivity contribution is 7.89. The quantitative estimate of drug-likeness (QED) is 0.752. The predicted octanol–water partition coefficient (Wildman–Crippen LogP) is 3.62. The van der Waals surface area contributed by atoms with Crippen LogP contribution in [-0.2, 0) is 21.2 Å². The van der Waals surface area contributed by atoms with Gasteiger partial charge in [0.25, 0.3) is 0 Å². The van der Waals surface area contributed by atoms with Crippen molar-refractivity contribution in [2.75, 3.05) is 19.7 Å². The average molecular weight is 423 g/mol. The van der Waals surface area contributed by atoms with Crippen LogP contribution in [0, 0.1) is 25.6 Å². The molecule has 3 heterocycles. The average Bonchev–Trinajstić information content (AvgIpc) is 3.01. The van der Waals surface area contributed by atoms with Gasteiger partial charge in [-0.15, -0.1) is 0 Å².